The summed E-state index contributed by atoms with van der Waals surface area (Å²) in [5, 5.41) is 5.08. The lowest BCUT2D eigenvalue weighted by Crippen LogP contribution is -2.52. The monoisotopic (exact) mass is 309 g/mol. The van der Waals surface area contributed by atoms with E-state index in [4.69, 9.17) is 5.14 Å². The first-order valence-corrected chi connectivity index (χ1v) is 7.96. The number of nitrogens with one attached hydrogen (secondary N) is 1. The number of H-pyrrole nitrogens is 1. The van der Waals surface area contributed by atoms with Gasteiger partial charge in [-0.15, -0.1) is 0 Å². The molecule has 1 aromatic carbocycles. The molecule has 1 fully saturated rings. The highest BCUT2D eigenvalue weighted by Crippen LogP contribution is 2.15. The Kier molecular flexibility index (Phi) is 3.40. The third-order valence-electron chi connectivity index (χ3n) is 3.55. The van der Waals surface area contributed by atoms with Crippen molar-refractivity contribution in [3.8, 4) is 0 Å². The standard InChI is InChI=1S/C12H15N5O3S/c13-21(19,20)17-5-3-16(4-6-17)12(18)9-1-2-10-11(7-9)15-8-14-10/h1-2,7-8H,3-6H2,(H,14,15)(H2,13,19,20). The van der Waals surface area contributed by atoms with E-state index < -0.39 is 10.2 Å². The van der Waals surface area contributed by atoms with Gasteiger partial charge in [-0.25, -0.2) is 10.1 Å². The van der Waals surface area contributed by atoms with E-state index in [-0.39, 0.29) is 19.0 Å². The van der Waals surface area contributed by atoms with E-state index in [1.54, 1.807) is 29.4 Å². The zero-order valence-corrected chi connectivity index (χ0v) is 12.0. The van der Waals surface area contributed by atoms with E-state index in [1.165, 1.54) is 4.31 Å². The number of fused-ring (bicyclic) bond motifs is 1. The third-order valence-corrected chi connectivity index (χ3v) is 4.64. The van der Waals surface area contributed by atoms with Crippen LogP contribution in [-0.2, 0) is 10.2 Å². The van der Waals surface area contributed by atoms with Gasteiger partial charge >= 0.3 is 0 Å². The van der Waals surface area contributed by atoms with Crippen molar-refractivity contribution >= 4 is 27.1 Å². The zero-order valence-electron chi connectivity index (χ0n) is 11.2. The van der Waals surface area contributed by atoms with Crippen molar-refractivity contribution < 1.29 is 13.2 Å². The molecule has 1 aromatic heterocycles. The second-order valence-corrected chi connectivity index (χ2v) is 6.42. The number of piperazine rings is 1. The largest absolute Gasteiger partial charge is 0.345 e. The maximum atomic E-state index is 12.4. The molecule has 0 unspecified atom stereocenters. The summed E-state index contributed by atoms with van der Waals surface area (Å²) in [4.78, 5) is 21.1. The second-order valence-electron chi connectivity index (χ2n) is 4.87. The van der Waals surface area contributed by atoms with Gasteiger partial charge in [0.1, 0.15) is 0 Å². The fourth-order valence-corrected chi connectivity index (χ4v) is 3.07. The number of rotatable bonds is 2. The minimum atomic E-state index is -3.68. The maximum Gasteiger partial charge on any atom is 0.277 e. The molecule has 21 heavy (non-hydrogen) atoms. The lowest BCUT2D eigenvalue weighted by Gasteiger charge is -2.32. The van der Waals surface area contributed by atoms with Crippen molar-refractivity contribution in [1.82, 2.24) is 19.2 Å². The molecule has 0 saturated carbocycles. The molecule has 3 rings (SSSR count). The van der Waals surface area contributed by atoms with Crippen LogP contribution in [-0.4, -0.2) is 59.7 Å². The Morgan fingerprint density at radius 2 is 1.95 bits per heavy atom. The van der Waals surface area contributed by atoms with Gasteiger partial charge in [0.25, 0.3) is 16.1 Å². The van der Waals surface area contributed by atoms with Crippen LogP contribution in [0.4, 0.5) is 0 Å². The Morgan fingerprint density at radius 3 is 2.62 bits per heavy atom. The summed E-state index contributed by atoms with van der Waals surface area (Å²) in [5.41, 5.74) is 2.14. The van der Waals surface area contributed by atoms with Gasteiger partial charge in [-0.05, 0) is 18.2 Å². The molecule has 2 heterocycles. The van der Waals surface area contributed by atoms with Crippen LogP contribution in [0, 0.1) is 0 Å². The summed E-state index contributed by atoms with van der Waals surface area (Å²) in [6, 6.07) is 5.24. The number of aromatic amines is 1. The highest BCUT2D eigenvalue weighted by molar-refractivity contribution is 7.86. The summed E-state index contributed by atoms with van der Waals surface area (Å²) in [5.74, 6) is -0.124. The molecule has 0 aliphatic carbocycles. The predicted molar refractivity (Wildman–Crippen MR) is 76.7 cm³/mol. The number of carbonyl (C=O) groups is 1. The molecule has 8 nitrogen and oxygen atoms in total. The van der Waals surface area contributed by atoms with Gasteiger partial charge in [-0.2, -0.15) is 12.7 Å². The first-order valence-electron chi connectivity index (χ1n) is 6.45. The predicted octanol–water partition coefficient (Wildman–Crippen LogP) is -0.476. The van der Waals surface area contributed by atoms with Crippen LogP contribution < -0.4 is 5.14 Å². The van der Waals surface area contributed by atoms with Gasteiger partial charge in [0.05, 0.1) is 17.4 Å². The van der Waals surface area contributed by atoms with Crippen LogP contribution in [0.1, 0.15) is 10.4 Å². The quantitative estimate of drug-likeness (QED) is 0.780. The van der Waals surface area contributed by atoms with Crippen LogP contribution in [0.2, 0.25) is 0 Å². The van der Waals surface area contributed by atoms with E-state index in [0.29, 0.717) is 18.7 Å². The summed E-state index contributed by atoms with van der Waals surface area (Å²) < 4.78 is 23.7. The number of hydrogen-bond donors (Lipinski definition) is 2. The maximum absolute atomic E-state index is 12.4. The number of nitrogens with two attached hydrogens (primary N) is 1. The Labute approximate surface area is 121 Å². The molecular weight excluding hydrogens is 294 g/mol. The molecule has 112 valence electrons. The molecule has 9 heteroatoms. The van der Waals surface area contributed by atoms with Gasteiger partial charge in [-0.1, -0.05) is 0 Å². The van der Waals surface area contributed by atoms with E-state index >= 15 is 0 Å². The average Bonchev–Trinajstić information content (AvgIpc) is 2.93. The number of benzene rings is 1. The SMILES string of the molecule is NS(=O)(=O)N1CCN(C(=O)c2ccc3nc[nH]c3c2)CC1. The Bertz CT molecular complexity index is 777. The molecule has 0 bridgehead atoms. The van der Waals surface area contributed by atoms with Crippen molar-refractivity contribution in [2.75, 3.05) is 26.2 Å². The van der Waals surface area contributed by atoms with Crippen molar-refractivity contribution in [3.05, 3.63) is 30.1 Å². The number of aromatic nitrogens is 2. The van der Waals surface area contributed by atoms with Crippen molar-refractivity contribution in [1.29, 1.82) is 0 Å². The van der Waals surface area contributed by atoms with Gasteiger partial charge in [0.15, 0.2) is 0 Å². The molecule has 0 radical (unpaired) electrons. The summed E-state index contributed by atoms with van der Waals surface area (Å²) >= 11 is 0. The minimum absolute atomic E-state index is 0.124. The Morgan fingerprint density at radius 1 is 1.24 bits per heavy atom. The lowest BCUT2D eigenvalue weighted by atomic mass is 10.1. The van der Waals surface area contributed by atoms with E-state index in [9.17, 15) is 13.2 Å². The number of nitrogens with zero attached hydrogens (tertiary/aromatic N) is 3. The van der Waals surface area contributed by atoms with Crippen LogP contribution in [0.25, 0.3) is 11.0 Å². The Hall–Kier alpha value is -1.97. The number of imidazole rings is 1. The molecule has 3 N–H and O–H groups in total. The van der Waals surface area contributed by atoms with Crippen LogP contribution in [0.15, 0.2) is 24.5 Å². The fraction of sp³-hybridized carbons (Fsp3) is 0.333. The average molecular weight is 309 g/mol. The van der Waals surface area contributed by atoms with Gasteiger partial charge in [0.2, 0.25) is 0 Å². The van der Waals surface area contributed by atoms with Crippen LogP contribution in [0.5, 0.6) is 0 Å². The van der Waals surface area contributed by atoms with Gasteiger partial charge in [0, 0.05) is 31.7 Å². The molecular formula is C12H15N5O3S. The van der Waals surface area contributed by atoms with Crippen LogP contribution in [0.3, 0.4) is 0 Å². The minimum Gasteiger partial charge on any atom is -0.345 e. The molecule has 2 aromatic rings. The summed E-state index contributed by atoms with van der Waals surface area (Å²) in [7, 11) is -3.68. The van der Waals surface area contributed by atoms with E-state index in [2.05, 4.69) is 9.97 Å². The van der Waals surface area contributed by atoms with Crippen molar-refractivity contribution in [2.45, 2.75) is 0 Å². The second kappa shape index (κ2) is 5.10. The zero-order chi connectivity index (χ0) is 15.0. The lowest BCUT2D eigenvalue weighted by molar-refractivity contribution is 0.0698. The summed E-state index contributed by atoms with van der Waals surface area (Å²) in [6.45, 7) is 1.10. The third kappa shape index (κ3) is 2.75. The first kappa shape index (κ1) is 14.0. The van der Waals surface area contributed by atoms with Crippen LogP contribution >= 0.6 is 0 Å². The molecule has 0 spiro atoms. The van der Waals surface area contributed by atoms with E-state index in [1.807, 2.05) is 0 Å². The fourth-order valence-electron chi connectivity index (χ4n) is 2.40. The molecule has 1 amide bonds. The molecule has 1 aliphatic rings. The van der Waals surface area contributed by atoms with E-state index in [0.717, 1.165) is 11.0 Å². The normalized spacial score (nSPS) is 17.3. The number of hydrogen-bond acceptors (Lipinski definition) is 4. The highest BCUT2D eigenvalue weighted by Gasteiger charge is 2.27. The highest BCUT2D eigenvalue weighted by atomic mass is 32.2. The van der Waals surface area contributed by atoms with Crippen molar-refractivity contribution in [3.63, 3.8) is 0 Å². The first-order chi connectivity index (χ1) is 9.95. The van der Waals surface area contributed by atoms with Gasteiger partial charge in [-0.3, -0.25) is 4.79 Å². The van der Waals surface area contributed by atoms with Gasteiger partial charge < -0.3 is 9.88 Å². The van der Waals surface area contributed by atoms with Crippen molar-refractivity contribution in [2.24, 2.45) is 5.14 Å². The summed E-state index contributed by atoms with van der Waals surface area (Å²) in [6.07, 6.45) is 1.57. The molecule has 1 saturated heterocycles. The number of carbonyl (C=O) groups excluding carboxylic acids is 1. The molecule has 1 aliphatic heterocycles. The molecule has 0 atom stereocenters. The number of amides is 1. The smallest absolute Gasteiger partial charge is 0.277 e. The topological polar surface area (TPSA) is 112 Å². The Balaban J connectivity index is 1.74.